The molecule has 0 saturated carbocycles. The molecule has 2 unspecified atom stereocenters. The summed E-state index contributed by atoms with van der Waals surface area (Å²) >= 11 is 0. The van der Waals surface area contributed by atoms with E-state index in [-0.39, 0.29) is 0 Å². The molecule has 0 amide bonds. The Morgan fingerprint density at radius 2 is 0.478 bits per heavy atom. The number of aromatic hydroxyl groups is 21. The highest BCUT2D eigenvalue weighted by Gasteiger charge is 2.44. The van der Waals surface area contributed by atoms with Gasteiger partial charge in [0.05, 0.1) is 5.39 Å². The smallest absolute Gasteiger partial charge is 0.208 e. The summed E-state index contributed by atoms with van der Waals surface area (Å²) in [6.07, 6.45) is -5.33. The second kappa shape index (κ2) is 13.6. The number of aliphatic hydroxyl groups is 5. The fourth-order valence-electron chi connectivity index (χ4n) is 8.77. The number of fused-ring (bicyclic) bond motifs is 6. The Balaban J connectivity index is 1.68. The predicted molar refractivity (Wildman–Crippen MR) is 226 cm³/mol. The molecule has 0 spiro atoms. The number of furan rings is 1. The molecule has 7 aromatic carbocycles. The third-order valence-corrected chi connectivity index (χ3v) is 11.9. The van der Waals surface area contributed by atoms with Crippen molar-refractivity contribution in [2.75, 3.05) is 0 Å². The molecule has 2 atom stereocenters. The largest absolute Gasteiger partial charge is 0.506 e. The van der Waals surface area contributed by atoms with Crippen LogP contribution in [0.2, 0.25) is 0 Å². The zero-order valence-electron chi connectivity index (χ0n) is 33.2. The molecule has 69 heavy (non-hydrogen) atoms. The number of aliphatic hydroxyl groups excluding tert-OH is 5. The van der Waals surface area contributed by atoms with E-state index >= 15 is 0 Å². The van der Waals surface area contributed by atoms with E-state index in [0.29, 0.717) is 0 Å². The normalized spacial score (nSPS) is 15.5. The van der Waals surface area contributed by atoms with Crippen LogP contribution in [0, 0.1) is 0 Å². The lowest BCUT2D eigenvalue weighted by molar-refractivity contribution is 0.0372. The van der Waals surface area contributed by atoms with E-state index in [4.69, 9.17) is 4.42 Å². The summed E-state index contributed by atoms with van der Waals surface area (Å²) in [5.74, 6) is -40.4. The second-order valence-electron chi connectivity index (χ2n) is 15.3. The summed E-state index contributed by atoms with van der Waals surface area (Å²) in [6.45, 7) is 0. The molecule has 358 valence electrons. The highest BCUT2D eigenvalue weighted by atomic mass is 16.4. The molecule has 0 aliphatic heterocycles. The van der Waals surface area contributed by atoms with Crippen molar-refractivity contribution in [3.63, 3.8) is 0 Å². The first-order valence-corrected chi connectivity index (χ1v) is 18.7. The van der Waals surface area contributed by atoms with Crippen LogP contribution in [0.1, 0.15) is 5.56 Å². The maximum Gasteiger partial charge on any atom is 0.208 e. The van der Waals surface area contributed by atoms with E-state index < -0.39 is 238 Å². The first kappa shape index (κ1) is 43.9. The molecule has 0 fully saturated rings. The molecular formula is C42H28O27. The number of hydrogen-bond donors (Lipinski definition) is 26. The van der Waals surface area contributed by atoms with Crippen LogP contribution >= 0.6 is 0 Å². The Labute approximate surface area is 374 Å². The van der Waals surface area contributed by atoms with Gasteiger partial charge < -0.3 is 137 Å². The van der Waals surface area contributed by atoms with Crippen LogP contribution in [-0.4, -0.2) is 145 Å². The van der Waals surface area contributed by atoms with E-state index in [9.17, 15) is 133 Å². The molecule has 27 nitrogen and oxygen atoms in total. The van der Waals surface area contributed by atoms with Gasteiger partial charge >= 0.3 is 0 Å². The molecule has 1 heterocycles. The topological polar surface area (TPSA) is 539 Å². The van der Waals surface area contributed by atoms with Gasteiger partial charge in [0.25, 0.3) is 0 Å². The zero-order chi connectivity index (χ0) is 51.0. The number of rotatable bonds is 3. The molecule has 27 heteroatoms. The Morgan fingerprint density at radius 3 is 0.870 bits per heavy atom. The molecule has 1 aliphatic carbocycles. The average Bonchev–Trinajstić information content (AvgIpc) is 3.73. The third-order valence-electron chi connectivity index (χ3n) is 11.9. The summed E-state index contributed by atoms with van der Waals surface area (Å²) in [5, 5.41) is 280. The average molecular weight is 965 g/mol. The van der Waals surface area contributed by atoms with E-state index in [0.717, 1.165) is 0 Å². The van der Waals surface area contributed by atoms with Gasteiger partial charge in [-0.25, -0.2) is 0 Å². The van der Waals surface area contributed by atoms with Gasteiger partial charge in [0.2, 0.25) is 63.2 Å². The lowest BCUT2D eigenvalue weighted by atomic mass is 9.79. The second-order valence-corrected chi connectivity index (χ2v) is 15.3. The lowest BCUT2D eigenvalue weighted by Gasteiger charge is -2.29. The Hall–Kier alpha value is -10.3. The van der Waals surface area contributed by atoms with E-state index in [2.05, 4.69) is 0 Å². The monoisotopic (exact) mass is 964 g/mol. The van der Waals surface area contributed by atoms with Crippen LogP contribution in [0.4, 0.5) is 0 Å². The van der Waals surface area contributed by atoms with Crippen molar-refractivity contribution in [2.45, 2.75) is 12.2 Å². The first-order valence-electron chi connectivity index (χ1n) is 18.7. The van der Waals surface area contributed by atoms with Crippen molar-refractivity contribution in [3.8, 4) is 143 Å². The highest BCUT2D eigenvalue weighted by molar-refractivity contribution is 6.35. The van der Waals surface area contributed by atoms with Crippen LogP contribution in [0.5, 0.6) is 121 Å². The quantitative estimate of drug-likeness (QED) is 0.0684. The van der Waals surface area contributed by atoms with Gasteiger partial charge in [-0.15, -0.1) is 0 Å². The number of phenols is 21. The predicted octanol–water partition coefficient (Wildman–Crippen LogP) is 3.53. The fourth-order valence-corrected chi connectivity index (χ4v) is 8.77. The van der Waals surface area contributed by atoms with E-state index in [1.165, 1.54) is 0 Å². The number of benzene rings is 7. The van der Waals surface area contributed by atoms with Crippen molar-refractivity contribution in [1.29, 1.82) is 0 Å². The van der Waals surface area contributed by atoms with Crippen molar-refractivity contribution in [2.24, 2.45) is 0 Å². The van der Waals surface area contributed by atoms with Gasteiger partial charge in [0.15, 0.2) is 85.9 Å². The minimum atomic E-state index is -2.71. The van der Waals surface area contributed by atoms with Gasteiger partial charge in [0, 0.05) is 71.1 Å². The van der Waals surface area contributed by atoms with Gasteiger partial charge in [-0.3, -0.25) is 0 Å². The Bertz CT molecular complexity index is 3780. The summed E-state index contributed by atoms with van der Waals surface area (Å²) in [5.41, 5.74) is -10.6. The first-order chi connectivity index (χ1) is 32.2. The molecule has 26 N–H and O–H groups in total. The molecule has 0 bridgehead atoms. The van der Waals surface area contributed by atoms with Crippen molar-refractivity contribution >= 4 is 59.8 Å². The molecule has 9 rings (SSSR count). The molecule has 1 aliphatic rings. The van der Waals surface area contributed by atoms with Gasteiger partial charge in [-0.1, -0.05) is 0 Å². The Morgan fingerprint density at radius 1 is 0.217 bits per heavy atom. The van der Waals surface area contributed by atoms with Gasteiger partial charge in [0.1, 0.15) is 12.2 Å². The molecule has 1 aromatic heterocycles. The van der Waals surface area contributed by atoms with Crippen LogP contribution in [0.25, 0.3) is 82.1 Å². The molecule has 0 saturated heterocycles. The minimum Gasteiger partial charge on any atom is -0.506 e. The van der Waals surface area contributed by atoms with Crippen molar-refractivity contribution in [1.82, 2.24) is 0 Å². The third kappa shape index (κ3) is 4.98. The van der Waals surface area contributed by atoms with Crippen LogP contribution in [0.3, 0.4) is 0 Å². The summed E-state index contributed by atoms with van der Waals surface area (Å²) < 4.78 is 5.41. The van der Waals surface area contributed by atoms with Crippen LogP contribution in [0.15, 0.2) is 21.7 Å². The maximum absolute atomic E-state index is 12.1. The highest BCUT2D eigenvalue weighted by Crippen LogP contribution is 2.69. The SMILES string of the molecule is OC1=C(O)C(O)C(O)C(c2c(O)c(O)c(-c3c4c(O)c(O)c(O)c(O)c4c(-c4c(O)c(O)c(O)c5oc6c(O)c(O)c(O)c(O)c6c45)c4c(O)c(O)c(O)c(O)c34)c3c(O)c(O)c(O)c(O)c23)=C1O. The minimum absolute atomic E-state index is 1.05. The van der Waals surface area contributed by atoms with Crippen molar-refractivity contribution < 1.29 is 137 Å². The van der Waals surface area contributed by atoms with E-state index in [1.807, 2.05) is 0 Å². The number of phenolic OH excluding ortho intramolecular Hbond substituents is 21. The van der Waals surface area contributed by atoms with Gasteiger partial charge in [-0.05, 0) is 0 Å². The van der Waals surface area contributed by atoms with E-state index in [1.54, 1.807) is 0 Å². The maximum atomic E-state index is 12.1. The summed E-state index contributed by atoms with van der Waals surface area (Å²) in [7, 11) is 0. The van der Waals surface area contributed by atoms with Crippen LogP contribution in [-0.2, 0) is 0 Å². The molecule has 0 radical (unpaired) electrons. The van der Waals surface area contributed by atoms with Crippen molar-refractivity contribution in [3.05, 3.63) is 22.8 Å². The molecule has 8 aromatic rings. The summed E-state index contributed by atoms with van der Waals surface area (Å²) in [4.78, 5) is 0. The standard InChI is InChI=1S/C42H28O27/c43-15-7(9-10(23(51)32(60)31(59)22(9)50)11(16(15)44)13-24(52)33(61)37(65)34(62)25(13)53)1-3-5(19(47)29(57)27(55)17(3)45)2(6-4(1)18(46)28(56)30(58)20(6)48)8-12-14-26(54)35(63)38(66)40(68)42(14)69-41(12)39(67)36(64)21(8)49/h24,33,43-68H. The lowest BCUT2D eigenvalue weighted by Crippen LogP contribution is -2.34. The van der Waals surface area contributed by atoms with Crippen LogP contribution < -0.4 is 0 Å². The number of hydrogen-bond acceptors (Lipinski definition) is 27. The van der Waals surface area contributed by atoms with Gasteiger partial charge in [-0.2, -0.15) is 0 Å². The summed E-state index contributed by atoms with van der Waals surface area (Å²) in [6, 6.07) is 0. The molecular weight excluding hydrogens is 936 g/mol. The zero-order valence-corrected chi connectivity index (χ0v) is 33.2. The Kier molecular flexibility index (Phi) is 8.68. The fraction of sp³-hybridized carbons (Fsp3) is 0.0476.